The summed E-state index contributed by atoms with van der Waals surface area (Å²) in [5.41, 5.74) is 0. The molecule has 1 N–H and O–H groups in total. The minimum Gasteiger partial charge on any atom is -0.396 e. The zero-order chi connectivity index (χ0) is 9.68. The van der Waals surface area contributed by atoms with Crippen LogP contribution >= 0.6 is 0 Å². The highest BCUT2D eigenvalue weighted by Crippen LogP contribution is 2.28. The summed E-state index contributed by atoms with van der Waals surface area (Å²) < 4.78 is 2.33. The molecule has 0 radical (unpaired) electrons. The van der Waals surface area contributed by atoms with E-state index in [1.54, 1.807) is 0 Å². The lowest BCUT2D eigenvalue weighted by molar-refractivity contribution is 0.254. The molecule has 2 atom stereocenters. The summed E-state index contributed by atoms with van der Waals surface area (Å²) in [7, 11) is 6.43. The van der Waals surface area contributed by atoms with Crippen LogP contribution in [0.5, 0.6) is 0 Å². The van der Waals surface area contributed by atoms with Crippen LogP contribution in [0.15, 0.2) is 0 Å². The van der Waals surface area contributed by atoms with Crippen LogP contribution < -0.4 is 5.23 Å². The van der Waals surface area contributed by atoms with E-state index in [0.29, 0.717) is 0 Å². The Morgan fingerprint density at radius 3 is 2.54 bits per heavy atom. The highest BCUT2D eigenvalue weighted by atomic mass is 14.9. The van der Waals surface area contributed by atoms with E-state index in [2.05, 4.69) is 33.9 Å². The van der Waals surface area contributed by atoms with Gasteiger partial charge in [-0.05, 0) is 44.2 Å². The van der Waals surface area contributed by atoms with Gasteiger partial charge in [0.1, 0.15) is 0 Å². The fourth-order valence-corrected chi connectivity index (χ4v) is 2.56. The summed E-state index contributed by atoms with van der Waals surface area (Å²) in [5, 5.41) is 3.30. The van der Waals surface area contributed by atoms with Gasteiger partial charge in [-0.2, -0.15) is 0 Å². The second-order valence-corrected chi connectivity index (χ2v) is 4.72. The van der Waals surface area contributed by atoms with Gasteiger partial charge in [-0.3, -0.25) is 0 Å². The zero-order valence-electron chi connectivity index (χ0n) is 9.34. The molecule has 1 aliphatic carbocycles. The third-order valence-electron chi connectivity index (χ3n) is 3.01. The average molecular weight is 178 g/mol. The van der Waals surface area contributed by atoms with Gasteiger partial charge in [-0.1, -0.05) is 6.42 Å². The van der Waals surface area contributed by atoms with Crippen LogP contribution in [-0.2, 0) is 0 Å². The third-order valence-corrected chi connectivity index (χ3v) is 3.01. The number of nitrogens with one attached hydrogen (secondary N) is 1. The van der Waals surface area contributed by atoms with E-state index < -0.39 is 0 Å². The second kappa shape index (κ2) is 5.76. The topological polar surface area (TPSA) is 15.3 Å². The maximum absolute atomic E-state index is 3.30. The Labute approximate surface area is 85.1 Å². The Morgan fingerprint density at radius 2 is 1.92 bits per heavy atom. The Kier molecular flexibility index (Phi) is 4.96. The molecule has 0 spiro atoms. The summed E-state index contributed by atoms with van der Waals surface area (Å²) >= 11 is 0. The normalized spacial score (nSPS) is 29.3. The molecule has 0 heterocycles. The molecule has 0 saturated heterocycles. The Hall–Kier alpha value is 0.115. The van der Waals surface area contributed by atoms with E-state index in [1.165, 1.54) is 38.8 Å². The maximum Gasteiger partial charge on any atom is 0.181 e. The molecule has 13 heavy (non-hydrogen) atoms. The molecule has 2 unspecified atom stereocenters. The smallest absolute Gasteiger partial charge is 0.181 e. The molecule has 0 amide bonds. The second-order valence-electron chi connectivity index (χ2n) is 4.72. The van der Waals surface area contributed by atoms with Crippen LogP contribution in [0.2, 0.25) is 0 Å². The molecule has 1 aliphatic rings. The number of hydrogen-bond acceptors (Lipinski definition) is 2. The van der Waals surface area contributed by atoms with E-state index in [-0.39, 0.29) is 0 Å². The molecule has 0 aromatic rings. The van der Waals surface area contributed by atoms with Gasteiger partial charge in [0.2, 0.25) is 0 Å². The Balaban J connectivity index is 2.24. The molecule has 1 fully saturated rings. The Morgan fingerprint density at radius 1 is 1.23 bits per heavy atom. The van der Waals surface area contributed by atoms with Crippen LogP contribution in [0.4, 0.5) is 0 Å². The van der Waals surface area contributed by atoms with Crippen LogP contribution in [0, 0.1) is 11.8 Å². The van der Waals surface area contributed by atoms with Crippen LogP contribution in [0.3, 0.4) is 0 Å². The van der Waals surface area contributed by atoms with Gasteiger partial charge in [0.25, 0.3) is 0 Å². The summed E-state index contributed by atoms with van der Waals surface area (Å²) in [6.07, 6.45) is 5.74. The minimum atomic E-state index is 0.934. The van der Waals surface area contributed by atoms with E-state index in [4.69, 9.17) is 0 Å². The van der Waals surface area contributed by atoms with Crippen molar-refractivity contribution >= 4 is 23.9 Å². The van der Waals surface area contributed by atoms with Crippen molar-refractivity contribution in [3.05, 3.63) is 0 Å². The van der Waals surface area contributed by atoms with Crippen molar-refractivity contribution in [2.24, 2.45) is 11.8 Å². The van der Waals surface area contributed by atoms with E-state index in [9.17, 15) is 0 Å². The van der Waals surface area contributed by atoms with Crippen molar-refractivity contribution in [2.75, 3.05) is 13.1 Å². The van der Waals surface area contributed by atoms with Crippen molar-refractivity contribution in [1.82, 2.24) is 9.95 Å². The van der Waals surface area contributed by atoms with Crippen LogP contribution in [-0.4, -0.2) is 41.8 Å². The van der Waals surface area contributed by atoms with E-state index >= 15 is 0 Å². The lowest BCUT2D eigenvalue weighted by atomic mass is 9.80. The van der Waals surface area contributed by atoms with Crippen molar-refractivity contribution in [3.8, 4) is 0 Å². The zero-order valence-corrected chi connectivity index (χ0v) is 9.34. The minimum absolute atomic E-state index is 0.934. The summed E-state index contributed by atoms with van der Waals surface area (Å²) in [5.74, 6) is 1.88. The summed E-state index contributed by atoms with van der Waals surface area (Å²) in [4.78, 5) is 0. The van der Waals surface area contributed by atoms with Gasteiger partial charge in [-0.25, -0.2) is 0 Å². The fourth-order valence-electron chi connectivity index (χ4n) is 2.56. The quantitative estimate of drug-likeness (QED) is 0.517. The first-order chi connectivity index (χ1) is 6.22. The monoisotopic (exact) mass is 178 g/mol. The molecule has 5 heteroatoms. The van der Waals surface area contributed by atoms with Gasteiger partial charge in [-0.15, -0.1) is 0 Å². The lowest BCUT2D eigenvalue weighted by Crippen LogP contribution is -2.31. The molecule has 1 saturated carbocycles. The van der Waals surface area contributed by atoms with Crippen molar-refractivity contribution < 1.29 is 0 Å². The standard InChI is InChI=1S/C8H21B3N2/c9-12-5-7-2-1-3-8(4-7)6-13(10)11/h7-8,12H,1-6,9-11H2. The first kappa shape index (κ1) is 11.2. The maximum atomic E-state index is 3.30. The largest absolute Gasteiger partial charge is 0.396 e. The van der Waals surface area contributed by atoms with Crippen molar-refractivity contribution in [2.45, 2.75) is 25.7 Å². The van der Waals surface area contributed by atoms with Crippen LogP contribution in [0.25, 0.3) is 0 Å². The highest BCUT2D eigenvalue weighted by Gasteiger charge is 2.21. The average Bonchev–Trinajstić information content (AvgIpc) is 2.04. The molecular formula is C8H21B3N2. The molecular weight excluding hydrogens is 157 g/mol. The first-order valence-corrected chi connectivity index (χ1v) is 5.51. The summed E-state index contributed by atoms with van der Waals surface area (Å²) in [6.45, 7) is 2.49. The van der Waals surface area contributed by atoms with Crippen LogP contribution in [0.1, 0.15) is 25.7 Å². The van der Waals surface area contributed by atoms with Gasteiger partial charge in [0, 0.05) is 0 Å². The van der Waals surface area contributed by atoms with Crippen molar-refractivity contribution in [1.29, 1.82) is 0 Å². The number of rotatable bonds is 4. The molecule has 1 rings (SSSR count). The van der Waals surface area contributed by atoms with Gasteiger partial charge < -0.3 is 9.95 Å². The predicted octanol–water partition coefficient (Wildman–Crippen LogP) is -1.67. The first-order valence-electron chi connectivity index (χ1n) is 5.51. The summed E-state index contributed by atoms with van der Waals surface area (Å²) in [6, 6.07) is 0. The van der Waals surface area contributed by atoms with E-state index in [1.807, 2.05) is 0 Å². The SMILES string of the molecule is BNCC1CCCC(CN(B)B)C1. The molecule has 0 bridgehead atoms. The molecule has 72 valence electrons. The highest BCUT2D eigenvalue weighted by molar-refractivity contribution is 6.24. The number of hydrogen-bond donors (Lipinski definition) is 1. The molecule has 0 aliphatic heterocycles. The predicted molar refractivity (Wildman–Crippen MR) is 65.8 cm³/mol. The molecule has 0 aromatic heterocycles. The molecule has 2 nitrogen and oxygen atoms in total. The lowest BCUT2D eigenvalue weighted by Gasteiger charge is -2.31. The van der Waals surface area contributed by atoms with Crippen molar-refractivity contribution in [3.63, 3.8) is 0 Å². The van der Waals surface area contributed by atoms with Gasteiger partial charge in [0.05, 0.1) is 0 Å². The van der Waals surface area contributed by atoms with Gasteiger partial charge in [0.15, 0.2) is 23.9 Å². The number of nitrogens with zero attached hydrogens (tertiary/aromatic N) is 1. The Bertz CT molecular complexity index is 141. The van der Waals surface area contributed by atoms with Gasteiger partial charge >= 0.3 is 0 Å². The van der Waals surface area contributed by atoms with E-state index in [0.717, 1.165) is 11.8 Å². The fraction of sp³-hybridized carbons (Fsp3) is 1.00. The third kappa shape index (κ3) is 4.23. The molecule has 0 aromatic carbocycles.